The summed E-state index contributed by atoms with van der Waals surface area (Å²) in [4.78, 5) is 22.2. The molecule has 0 spiro atoms. The van der Waals surface area contributed by atoms with Crippen molar-refractivity contribution in [2.24, 2.45) is 5.92 Å². The van der Waals surface area contributed by atoms with Crippen molar-refractivity contribution in [2.75, 3.05) is 18.0 Å². The fraction of sp³-hybridized carbons (Fsp3) is 0.417. The van der Waals surface area contributed by atoms with Gasteiger partial charge < -0.3 is 14.2 Å². The Morgan fingerprint density at radius 1 is 1.14 bits per heavy atom. The van der Waals surface area contributed by atoms with Gasteiger partial charge in [0, 0.05) is 31.6 Å². The van der Waals surface area contributed by atoms with Crippen LogP contribution in [-0.4, -0.2) is 34.9 Å². The smallest absolute Gasteiger partial charge is 0.298 e. The number of rotatable bonds is 6. The number of hydrogen-bond donors (Lipinski definition) is 0. The summed E-state index contributed by atoms with van der Waals surface area (Å²) in [5.41, 5.74) is 2.88. The standard InChI is InChI=1S/C24H29N3O2/c1-3-18(2)27(17-19-9-5-4-6-10-19)23(28)20-13-15-26(16-14-20)24-25-21-11-7-8-12-22(21)29-24/h4-12,18,20H,3,13-17H2,1-2H3. The van der Waals surface area contributed by atoms with Crippen LogP contribution < -0.4 is 4.90 Å². The first-order chi connectivity index (χ1) is 14.2. The summed E-state index contributed by atoms with van der Waals surface area (Å²) in [7, 11) is 0. The molecule has 29 heavy (non-hydrogen) atoms. The molecular formula is C24H29N3O2. The molecule has 0 N–H and O–H groups in total. The van der Waals surface area contributed by atoms with Crippen LogP contribution in [0.15, 0.2) is 59.0 Å². The maximum Gasteiger partial charge on any atom is 0.298 e. The maximum atomic E-state index is 13.4. The van der Waals surface area contributed by atoms with E-state index < -0.39 is 0 Å². The molecule has 1 aliphatic rings. The number of amides is 1. The number of fused-ring (bicyclic) bond motifs is 1. The lowest BCUT2D eigenvalue weighted by molar-refractivity contribution is -0.139. The van der Waals surface area contributed by atoms with Gasteiger partial charge in [0.25, 0.3) is 6.01 Å². The molecule has 4 rings (SSSR count). The Bertz CT molecular complexity index is 912. The zero-order chi connectivity index (χ0) is 20.2. The molecule has 1 saturated heterocycles. The molecule has 1 aromatic heterocycles. The van der Waals surface area contributed by atoms with Crippen LogP contribution in [0.3, 0.4) is 0 Å². The summed E-state index contributed by atoms with van der Waals surface area (Å²) in [6, 6.07) is 19.0. The van der Waals surface area contributed by atoms with Crippen molar-refractivity contribution in [3.63, 3.8) is 0 Å². The Kier molecular flexibility index (Phi) is 5.84. The molecule has 1 unspecified atom stereocenters. The lowest BCUT2D eigenvalue weighted by Gasteiger charge is -2.36. The molecule has 3 aromatic rings. The van der Waals surface area contributed by atoms with E-state index in [0.717, 1.165) is 43.5 Å². The van der Waals surface area contributed by atoms with Crippen molar-refractivity contribution < 1.29 is 9.21 Å². The summed E-state index contributed by atoms with van der Waals surface area (Å²) in [5.74, 6) is 0.341. The van der Waals surface area contributed by atoms with Crippen molar-refractivity contribution in [2.45, 2.75) is 45.7 Å². The molecule has 152 valence electrons. The third-order valence-electron chi connectivity index (χ3n) is 6.00. The quantitative estimate of drug-likeness (QED) is 0.601. The van der Waals surface area contributed by atoms with Gasteiger partial charge in [0.1, 0.15) is 5.52 Å². The van der Waals surface area contributed by atoms with E-state index in [0.29, 0.717) is 12.6 Å². The molecule has 1 atom stereocenters. The van der Waals surface area contributed by atoms with E-state index >= 15 is 0 Å². The van der Waals surface area contributed by atoms with Crippen LogP contribution >= 0.6 is 0 Å². The lowest BCUT2D eigenvalue weighted by Crippen LogP contribution is -2.45. The summed E-state index contributed by atoms with van der Waals surface area (Å²) >= 11 is 0. The predicted molar refractivity (Wildman–Crippen MR) is 116 cm³/mol. The highest BCUT2D eigenvalue weighted by Crippen LogP contribution is 2.28. The topological polar surface area (TPSA) is 49.6 Å². The van der Waals surface area contributed by atoms with E-state index in [-0.39, 0.29) is 17.9 Å². The van der Waals surface area contributed by atoms with Gasteiger partial charge in [-0.15, -0.1) is 0 Å². The molecule has 2 aromatic carbocycles. The molecule has 0 bridgehead atoms. The number of carbonyl (C=O) groups excluding carboxylic acids is 1. The number of hydrogen-bond acceptors (Lipinski definition) is 4. The molecule has 1 fully saturated rings. The van der Waals surface area contributed by atoms with Crippen LogP contribution in [0.5, 0.6) is 0 Å². The number of oxazole rings is 1. The van der Waals surface area contributed by atoms with E-state index in [4.69, 9.17) is 4.42 Å². The molecule has 5 nitrogen and oxygen atoms in total. The van der Waals surface area contributed by atoms with Gasteiger partial charge in [-0.05, 0) is 43.9 Å². The second kappa shape index (κ2) is 8.68. The van der Waals surface area contributed by atoms with Gasteiger partial charge in [-0.1, -0.05) is 49.4 Å². The van der Waals surface area contributed by atoms with E-state index in [1.807, 2.05) is 42.5 Å². The first-order valence-electron chi connectivity index (χ1n) is 10.6. The summed E-state index contributed by atoms with van der Waals surface area (Å²) < 4.78 is 5.90. The van der Waals surface area contributed by atoms with Crippen molar-refractivity contribution in [3.05, 3.63) is 60.2 Å². The fourth-order valence-electron chi connectivity index (χ4n) is 4.00. The van der Waals surface area contributed by atoms with Crippen LogP contribution in [0.1, 0.15) is 38.7 Å². The second-order valence-electron chi connectivity index (χ2n) is 7.93. The van der Waals surface area contributed by atoms with Crippen molar-refractivity contribution >= 4 is 23.0 Å². The Morgan fingerprint density at radius 3 is 2.52 bits per heavy atom. The van der Waals surface area contributed by atoms with Gasteiger partial charge in [-0.2, -0.15) is 4.98 Å². The van der Waals surface area contributed by atoms with Crippen LogP contribution in [-0.2, 0) is 11.3 Å². The average molecular weight is 392 g/mol. The number of benzene rings is 2. The number of para-hydroxylation sites is 2. The summed E-state index contributed by atoms with van der Waals surface area (Å²) in [6.45, 7) is 6.56. The maximum absolute atomic E-state index is 13.4. The molecule has 1 amide bonds. The SMILES string of the molecule is CCC(C)N(Cc1ccccc1)C(=O)C1CCN(c2nc3ccccc3o2)CC1. The summed E-state index contributed by atoms with van der Waals surface area (Å²) in [6.07, 6.45) is 2.62. The van der Waals surface area contributed by atoms with E-state index in [2.05, 4.69) is 40.8 Å². The number of nitrogens with zero attached hydrogens (tertiary/aromatic N) is 3. The van der Waals surface area contributed by atoms with Crippen LogP contribution in [0.25, 0.3) is 11.1 Å². The minimum atomic E-state index is 0.0633. The van der Waals surface area contributed by atoms with Gasteiger partial charge >= 0.3 is 0 Å². The highest BCUT2D eigenvalue weighted by molar-refractivity contribution is 5.79. The van der Waals surface area contributed by atoms with Crippen molar-refractivity contribution in [1.29, 1.82) is 0 Å². The molecular weight excluding hydrogens is 362 g/mol. The Morgan fingerprint density at radius 2 is 1.83 bits per heavy atom. The van der Waals surface area contributed by atoms with Crippen LogP contribution in [0.2, 0.25) is 0 Å². The minimum absolute atomic E-state index is 0.0633. The van der Waals surface area contributed by atoms with Crippen LogP contribution in [0.4, 0.5) is 6.01 Å². The third kappa shape index (κ3) is 4.29. The first-order valence-corrected chi connectivity index (χ1v) is 10.6. The summed E-state index contributed by atoms with van der Waals surface area (Å²) in [5, 5.41) is 0. The van der Waals surface area contributed by atoms with Crippen LogP contribution in [0, 0.1) is 5.92 Å². The fourth-order valence-corrected chi connectivity index (χ4v) is 4.00. The second-order valence-corrected chi connectivity index (χ2v) is 7.93. The Balaban J connectivity index is 1.42. The number of piperidine rings is 1. The van der Waals surface area contributed by atoms with Crippen molar-refractivity contribution in [3.8, 4) is 0 Å². The Labute approximate surface area is 172 Å². The third-order valence-corrected chi connectivity index (χ3v) is 6.00. The predicted octanol–water partition coefficient (Wildman–Crippen LogP) is 4.87. The van der Waals surface area contributed by atoms with Gasteiger partial charge in [0.15, 0.2) is 5.58 Å². The van der Waals surface area contributed by atoms with Gasteiger partial charge in [0.2, 0.25) is 5.91 Å². The zero-order valence-electron chi connectivity index (χ0n) is 17.3. The molecule has 0 saturated carbocycles. The van der Waals surface area contributed by atoms with E-state index in [1.54, 1.807) is 0 Å². The van der Waals surface area contributed by atoms with E-state index in [9.17, 15) is 4.79 Å². The molecule has 1 aliphatic heterocycles. The van der Waals surface area contributed by atoms with Gasteiger partial charge in [-0.25, -0.2) is 0 Å². The highest BCUT2D eigenvalue weighted by atomic mass is 16.4. The molecule has 5 heteroatoms. The van der Waals surface area contributed by atoms with Gasteiger partial charge in [0.05, 0.1) is 0 Å². The minimum Gasteiger partial charge on any atom is -0.423 e. The van der Waals surface area contributed by atoms with Crippen molar-refractivity contribution in [1.82, 2.24) is 9.88 Å². The number of anilines is 1. The molecule has 0 aliphatic carbocycles. The average Bonchev–Trinajstić information content (AvgIpc) is 3.22. The Hall–Kier alpha value is -2.82. The van der Waals surface area contributed by atoms with E-state index in [1.165, 1.54) is 5.56 Å². The lowest BCUT2D eigenvalue weighted by atomic mass is 9.94. The monoisotopic (exact) mass is 391 g/mol. The largest absolute Gasteiger partial charge is 0.423 e. The molecule has 2 heterocycles. The van der Waals surface area contributed by atoms with Gasteiger partial charge in [-0.3, -0.25) is 4.79 Å². The highest BCUT2D eigenvalue weighted by Gasteiger charge is 2.31. The first kappa shape index (κ1) is 19.5. The number of carbonyl (C=O) groups is 1. The number of aromatic nitrogens is 1. The zero-order valence-corrected chi connectivity index (χ0v) is 17.3. The normalized spacial score (nSPS) is 16.1. The molecule has 0 radical (unpaired) electrons.